The number of carbonyl (C=O) groups excluding carboxylic acids is 1. The van der Waals surface area contributed by atoms with Crippen LogP contribution in [0.5, 0.6) is 0 Å². The van der Waals surface area contributed by atoms with Crippen LogP contribution in [0.2, 0.25) is 0 Å². The van der Waals surface area contributed by atoms with Crippen molar-refractivity contribution in [2.45, 2.75) is 31.7 Å². The molecule has 1 atom stereocenters. The zero-order chi connectivity index (χ0) is 18.6. The van der Waals surface area contributed by atoms with Crippen molar-refractivity contribution in [1.29, 1.82) is 0 Å². The van der Waals surface area contributed by atoms with Crippen LogP contribution in [0.3, 0.4) is 0 Å². The van der Waals surface area contributed by atoms with Gasteiger partial charge in [0.15, 0.2) is 0 Å². The molecule has 0 N–H and O–H groups in total. The second kappa shape index (κ2) is 7.70. The minimum atomic E-state index is -0.261. The zero-order valence-corrected chi connectivity index (χ0v) is 14.8. The lowest BCUT2D eigenvalue weighted by atomic mass is 10.0. The highest BCUT2D eigenvalue weighted by atomic mass is 19.1. The predicted octanol–water partition coefficient (Wildman–Crippen LogP) is 4.17. The van der Waals surface area contributed by atoms with E-state index in [1.165, 1.54) is 6.07 Å². The van der Waals surface area contributed by atoms with E-state index >= 15 is 0 Å². The van der Waals surface area contributed by atoms with Crippen LogP contribution in [0.4, 0.5) is 4.39 Å². The van der Waals surface area contributed by atoms with Gasteiger partial charge in [-0.2, -0.15) is 0 Å². The average molecular weight is 365 g/mol. The van der Waals surface area contributed by atoms with E-state index in [0.29, 0.717) is 35.7 Å². The van der Waals surface area contributed by atoms with Crippen LogP contribution in [0.25, 0.3) is 0 Å². The molecule has 2 aromatic heterocycles. The molecule has 1 aromatic carbocycles. The first-order chi connectivity index (χ1) is 13.2. The van der Waals surface area contributed by atoms with Crippen molar-refractivity contribution in [3.8, 4) is 0 Å². The molecule has 0 radical (unpaired) electrons. The Labute approximate surface area is 156 Å². The van der Waals surface area contributed by atoms with Crippen LogP contribution in [0, 0.1) is 5.82 Å². The van der Waals surface area contributed by atoms with Crippen molar-refractivity contribution in [2.24, 2.45) is 0 Å². The van der Waals surface area contributed by atoms with Crippen LogP contribution in [-0.2, 0) is 6.42 Å². The molecular weight excluding hydrogens is 345 g/mol. The molecule has 1 unspecified atom stereocenters. The van der Waals surface area contributed by atoms with Crippen molar-refractivity contribution >= 4 is 5.91 Å². The number of benzene rings is 1. The third-order valence-electron chi connectivity index (χ3n) is 4.87. The van der Waals surface area contributed by atoms with E-state index in [4.69, 9.17) is 4.42 Å². The first-order valence-electron chi connectivity index (χ1n) is 9.11. The number of amides is 1. The number of halogens is 1. The molecule has 1 fully saturated rings. The highest BCUT2D eigenvalue weighted by Crippen LogP contribution is 2.32. The number of hydrogen-bond acceptors (Lipinski definition) is 4. The van der Waals surface area contributed by atoms with E-state index < -0.39 is 0 Å². The molecule has 5 nitrogen and oxygen atoms in total. The molecular formula is C21H20FN3O2. The van der Waals surface area contributed by atoms with Gasteiger partial charge in [-0.1, -0.05) is 18.2 Å². The molecule has 1 amide bonds. The highest BCUT2D eigenvalue weighted by molar-refractivity contribution is 5.94. The van der Waals surface area contributed by atoms with Crippen LogP contribution in [-0.4, -0.2) is 27.3 Å². The lowest BCUT2D eigenvalue weighted by molar-refractivity contribution is 0.0570. The fourth-order valence-corrected chi connectivity index (χ4v) is 3.48. The smallest absolute Gasteiger partial charge is 0.254 e. The van der Waals surface area contributed by atoms with Crippen molar-refractivity contribution in [1.82, 2.24) is 14.9 Å². The van der Waals surface area contributed by atoms with Gasteiger partial charge in [-0.05, 0) is 43.0 Å². The molecule has 1 saturated heterocycles. The molecule has 1 aliphatic rings. The lowest BCUT2D eigenvalue weighted by Crippen LogP contribution is -2.38. The predicted molar refractivity (Wildman–Crippen MR) is 97.6 cm³/mol. The summed E-state index contributed by atoms with van der Waals surface area (Å²) in [6.07, 6.45) is 7.96. The average Bonchev–Trinajstić information content (AvgIpc) is 3.18. The molecule has 6 heteroatoms. The van der Waals surface area contributed by atoms with Gasteiger partial charge in [0.25, 0.3) is 5.91 Å². The minimum absolute atomic E-state index is 0.0454. The van der Waals surface area contributed by atoms with Crippen molar-refractivity contribution in [3.63, 3.8) is 0 Å². The third kappa shape index (κ3) is 3.74. The fraction of sp³-hybridized carbons (Fsp3) is 0.286. The molecule has 138 valence electrons. The molecule has 3 aromatic rings. The van der Waals surface area contributed by atoms with E-state index in [2.05, 4.69) is 9.97 Å². The van der Waals surface area contributed by atoms with Crippen molar-refractivity contribution in [2.75, 3.05) is 6.54 Å². The Balaban J connectivity index is 1.55. The number of hydrogen-bond donors (Lipinski definition) is 0. The van der Waals surface area contributed by atoms with E-state index in [-0.39, 0.29) is 17.8 Å². The number of nitrogens with zero attached hydrogens (tertiary/aromatic N) is 3. The lowest BCUT2D eigenvalue weighted by Gasteiger charge is -2.33. The van der Waals surface area contributed by atoms with Crippen LogP contribution >= 0.6 is 0 Å². The van der Waals surface area contributed by atoms with E-state index in [0.717, 1.165) is 19.3 Å². The van der Waals surface area contributed by atoms with Crippen LogP contribution in [0.15, 0.2) is 59.4 Å². The maximum absolute atomic E-state index is 13.9. The summed E-state index contributed by atoms with van der Waals surface area (Å²) in [7, 11) is 0. The first kappa shape index (κ1) is 17.4. The largest absolute Gasteiger partial charge is 0.443 e. The summed E-state index contributed by atoms with van der Waals surface area (Å²) in [5.74, 6) is 0.805. The topological polar surface area (TPSA) is 59.2 Å². The SMILES string of the molecule is O=C(c1ccncc1)N1CCCCC1c1ncc(Cc2ccccc2F)o1. The van der Waals surface area contributed by atoms with Gasteiger partial charge >= 0.3 is 0 Å². The standard InChI is InChI=1S/C21H20FN3O2/c22-18-6-2-1-5-16(18)13-17-14-24-20(27-17)19-7-3-4-12-25(19)21(26)15-8-10-23-11-9-15/h1-2,5-6,8-11,14,19H,3-4,7,12-13H2. The number of piperidine rings is 1. The van der Waals surface area contributed by atoms with Gasteiger partial charge < -0.3 is 9.32 Å². The summed E-state index contributed by atoms with van der Waals surface area (Å²) in [5, 5.41) is 0. The monoisotopic (exact) mass is 365 g/mol. The molecule has 0 bridgehead atoms. The van der Waals surface area contributed by atoms with Gasteiger partial charge in [0, 0.05) is 30.9 Å². The van der Waals surface area contributed by atoms with Gasteiger partial charge in [-0.25, -0.2) is 9.37 Å². The first-order valence-corrected chi connectivity index (χ1v) is 9.11. The second-order valence-electron chi connectivity index (χ2n) is 6.68. The summed E-state index contributed by atoms with van der Waals surface area (Å²) in [6.45, 7) is 0.664. The van der Waals surface area contributed by atoms with Gasteiger partial charge in [-0.15, -0.1) is 0 Å². The van der Waals surface area contributed by atoms with Crippen molar-refractivity contribution in [3.05, 3.63) is 83.6 Å². The van der Waals surface area contributed by atoms with Crippen molar-refractivity contribution < 1.29 is 13.6 Å². The number of pyridine rings is 1. The Morgan fingerprint density at radius 2 is 2.00 bits per heavy atom. The molecule has 3 heterocycles. The molecule has 27 heavy (non-hydrogen) atoms. The van der Waals surface area contributed by atoms with Gasteiger partial charge in [-0.3, -0.25) is 9.78 Å². The number of oxazole rings is 1. The molecule has 0 aliphatic carbocycles. The van der Waals surface area contributed by atoms with Gasteiger partial charge in [0.1, 0.15) is 17.6 Å². The molecule has 0 spiro atoms. The zero-order valence-electron chi connectivity index (χ0n) is 14.8. The maximum atomic E-state index is 13.9. The summed E-state index contributed by atoms with van der Waals surface area (Å²) in [6, 6.07) is 9.86. The maximum Gasteiger partial charge on any atom is 0.254 e. The number of rotatable bonds is 4. The summed E-state index contributed by atoms with van der Waals surface area (Å²) < 4.78 is 19.8. The Bertz CT molecular complexity index is 926. The van der Waals surface area contributed by atoms with Crippen LogP contribution in [0.1, 0.15) is 52.9 Å². The fourth-order valence-electron chi connectivity index (χ4n) is 3.48. The second-order valence-corrected chi connectivity index (χ2v) is 6.68. The summed E-state index contributed by atoms with van der Waals surface area (Å²) in [4.78, 5) is 23.1. The van der Waals surface area contributed by atoms with E-state index in [1.54, 1.807) is 48.9 Å². The molecule has 4 rings (SSSR count). The summed E-state index contributed by atoms with van der Waals surface area (Å²) in [5.41, 5.74) is 1.17. The highest BCUT2D eigenvalue weighted by Gasteiger charge is 2.32. The number of aromatic nitrogens is 2. The van der Waals surface area contributed by atoms with E-state index in [9.17, 15) is 9.18 Å². The van der Waals surface area contributed by atoms with E-state index in [1.807, 2.05) is 4.90 Å². The van der Waals surface area contributed by atoms with Gasteiger partial charge in [0.2, 0.25) is 5.89 Å². The molecule has 0 saturated carbocycles. The molecule has 1 aliphatic heterocycles. The number of carbonyl (C=O) groups is 1. The van der Waals surface area contributed by atoms with Crippen LogP contribution < -0.4 is 0 Å². The Morgan fingerprint density at radius 1 is 1.19 bits per heavy atom. The minimum Gasteiger partial charge on any atom is -0.443 e. The quantitative estimate of drug-likeness (QED) is 0.696. The summed E-state index contributed by atoms with van der Waals surface area (Å²) >= 11 is 0. The Morgan fingerprint density at radius 3 is 2.81 bits per heavy atom. The Hall–Kier alpha value is -3.02. The Kier molecular flexibility index (Phi) is 4.96. The number of likely N-dealkylation sites (tertiary alicyclic amines) is 1. The normalized spacial score (nSPS) is 17.1. The van der Waals surface area contributed by atoms with Gasteiger partial charge in [0.05, 0.1) is 6.20 Å². The third-order valence-corrected chi connectivity index (χ3v) is 4.87.